The molecule has 2 rings (SSSR count). The molecular weight excluding hydrogens is 234 g/mol. The first-order chi connectivity index (χ1) is 8.66. The van der Waals surface area contributed by atoms with Crippen molar-refractivity contribution in [2.75, 3.05) is 6.54 Å². The van der Waals surface area contributed by atoms with E-state index in [9.17, 15) is 9.59 Å². The van der Waals surface area contributed by atoms with Gasteiger partial charge in [0.25, 0.3) is 0 Å². The largest absolute Gasteiger partial charge is 0.478 e. The lowest BCUT2D eigenvalue weighted by atomic mass is 10.1. The molecule has 1 N–H and O–H groups in total. The Balaban J connectivity index is 2.01. The first-order valence-corrected chi connectivity index (χ1v) is 6.25. The minimum absolute atomic E-state index is 0.128. The predicted octanol–water partition coefficient (Wildman–Crippen LogP) is 2.27. The van der Waals surface area contributed by atoms with E-state index in [4.69, 9.17) is 9.52 Å². The second-order valence-electron chi connectivity index (χ2n) is 4.59. The monoisotopic (exact) mass is 251 g/mol. The Bertz CT molecular complexity index is 438. The summed E-state index contributed by atoms with van der Waals surface area (Å²) in [5.41, 5.74) is 0.129. The van der Waals surface area contributed by atoms with Gasteiger partial charge in [-0.3, -0.25) is 4.79 Å². The molecule has 2 heterocycles. The summed E-state index contributed by atoms with van der Waals surface area (Å²) in [7, 11) is 0. The zero-order chi connectivity index (χ0) is 13.0. The molecule has 0 spiro atoms. The van der Waals surface area contributed by atoms with Gasteiger partial charge in [-0.05, 0) is 18.9 Å². The second kappa shape index (κ2) is 5.71. The lowest BCUT2D eigenvalue weighted by molar-refractivity contribution is -0.132. The van der Waals surface area contributed by atoms with Crippen molar-refractivity contribution >= 4 is 11.9 Å². The molecule has 1 aliphatic heterocycles. The molecule has 0 aliphatic carbocycles. The van der Waals surface area contributed by atoms with E-state index >= 15 is 0 Å². The van der Waals surface area contributed by atoms with Crippen LogP contribution in [-0.2, 0) is 11.3 Å². The van der Waals surface area contributed by atoms with Crippen LogP contribution in [0.25, 0.3) is 0 Å². The molecule has 1 aliphatic rings. The zero-order valence-corrected chi connectivity index (χ0v) is 10.2. The molecule has 0 aromatic carbocycles. The van der Waals surface area contributed by atoms with E-state index < -0.39 is 5.97 Å². The topological polar surface area (TPSA) is 70.8 Å². The first-order valence-electron chi connectivity index (χ1n) is 6.25. The molecule has 18 heavy (non-hydrogen) atoms. The van der Waals surface area contributed by atoms with E-state index in [1.54, 1.807) is 4.90 Å². The summed E-state index contributed by atoms with van der Waals surface area (Å²) in [5.74, 6) is -0.353. The summed E-state index contributed by atoms with van der Waals surface area (Å²) >= 11 is 0. The van der Waals surface area contributed by atoms with Gasteiger partial charge >= 0.3 is 5.97 Å². The minimum Gasteiger partial charge on any atom is -0.478 e. The summed E-state index contributed by atoms with van der Waals surface area (Å²) in [6.45, 7) is 1.09. The average molecular weight is 251 g/mol. The quantitative estimate of drug-likeness (QED) is 0.894. The fraction of sp³-hybridized carbons (Fsp3) is 0.538. The lowest BCUT2D eigenvalue weighted by Gasteiger charge is -2.23. The first kappa shape index (κ1) is 12.7. The van der Waals surface area contributed by atoms with Crippen molar-refractivity contribution in [1.29, 1.82) is 0 Å². The van der Waals surface area contributed by atoms with E-state index in [0.29, 0.717) is 18.7 Å². The van der Waals surface area contributed by atoms with E-state index in [1.807, 2.05) is 0 Å². The van der Waals surface area contributed by atoms with E-state index in [0.717, 1.165) is 32.2 Å². The van der Waals surface area contributed by atoms with Gasteiger partial charge in [0.15, 0.2) is 0 Å². The number of hydrogen-bond acceptors (Lipinski definition) is 3. The van der Waals surface area contributed by atoms with Crippen molar-refractivity contribution in [3.63, 3.8) is 0 Å². The van der Waals surface area contributed by atoms with Crippen LogP contribution in [0.5, 0.6) is 0 Å². The van der Waals surface area contributed by atoms with Crippen LogP contribution in [0.15, 0.2) is 16.7 Å². The molecule has 5 heteroatoms. The molecule has 1 saturated heterocycles. The van der Waals surface area contributed by atoms with Crippen LogP contribution < -0.4 is 0 Å². The molecule has 0 saturated carbocycles. The number of furan rings is 1. The van der Waals surface area contributed by atoms with Gasteiger partial charge in [0, 0.05) is 13.0 Å². The minimum atomic E-state index is -1.01. The van der Waals surface area contributed by atoms with Crippen LogP contribution in [0, 0.1) is 0 Å². The van der Waals surface area contributed by atoms with Gasteiger partial charge in [-0.15, -0.1) is 0 Å². The SMILES string of the molecule is O=C(O)c1coc(CN2CCCCCCC2=O)c1. The summed E-state index contributed by atoms with van der Waals surface area (Å²) in [5, 5.41) is 8.80. The molecule has 1 aromatic rings. The molecule has 1 fully saturated rings. The molecule has 0 bridgehead atoms. The third kappa shape index (κ3) is 3.12. The molecule has 0 radical (unpaired) electrons. The van der Waals surface area contributed by atoms with Crippen LogP contribution in [0.4, 0.5) is 0 Å². The Morgan fingerprint density at radius 2 is 2.11 bits per heavy atom. The number of aromatic carboxylic acids is 1. The zero-order valence-electron chi connectivity index (χ0n) is 10.2. The Morgan fingerprint density at radius 1 is 1.33 bits per heavy atom. The third-order valence-corrected chi connectivity index (χ3v) is 3.17. The highest BCUT2D eigenvalue weighted by atomic mass is 16.4. The maximum absolute atomic E-state index is 11.9. The van der Waals surface area contributed by atoms with Crippen LogP contribution in [0.1, 0.15) is 48.2 Å². The van der Waals surface area contributed by atoms with Crippen LogP contribution >= 0.6 is 0 Å². The number of carboxylic acid groups (broad SMARTS) is 1. The van der Waals surface area contributed by atoms with Crippen molar-refractivity contribution in [3.8, 4) is 0 Å². The van der Waals surface area contributed by atoms with Crippen molar-refractivity contribution in [1.82, 2.24) is 4.90 Å². The maximum atomic E-state index is 11.9. The van der Waals surface area contributed by atoms with Gasteiger partial charge < -0.3 is 14.4 Å². The molecule has 0 unspecified atom stereocenters. The van der Waals surface area contributed by atoms with Gasteiger partial charge in [0.2, 0.25) is 5.91 Å². The highest BCUT2D eigenvalue weighted by Crippen LogP contribution is 2.16. The van der Waals surface area contributed by atoms with E-state index in [-0.39, 0.29) is 11.5 Å². The number of hydrogen-bond donors (Lipinski definition) is 1. The summed E-state index contributed by atoms with van der Waals surface area (Å²) in [4.78, 5) is 24.4. The van der Waals surface area contributed by atoms with Crippen LogP contribution in [0.3, 0.4) is 0 Å². The van der Waals surface area contributed by atoms with Crippen molar-refractivity contribution < 1.29 is 19.1 Å². The highest BCUT2D eigenvalue weighted by molar-refractivity contribution is 5.87. The fourth-order valence-corrected chi connectivity index (χ4v) is 2.15. The third-order valence-electron chi connectivity index (χ3n) is 3.17. The molecule has 0 atom stereocenters. The normalized spacial score (nSPS) is 17.3. The number of amides is 1. The number of likely N-dealkylation sites (tertiary alicyclic amines) is 1. The van der Waals surface area contributed by atoms with Gasteiger partial charge in [-0.1, -0.05) is 12.8 Å². The Labute approximate surface area is 105 Å². The molecule has 5 nitrogen and oxygen atoms in total. The van der Waals surface area contributed by atoms with Gasteiger partial charge in [0.05, 0.1) is 12.1 Å². The van der Waals surface area contributed by atoms with Crippen molar-refractivity contribution in [2.24, 2.45) is 0 Å². The summed E-state index contributed by atoms with van der Waals surface area (Å²) in [6, 6.07) is 1.48. The Kier molecular flexibility index (Phi) is 4.02. The Morgan fingerprint density at radius 3 is 2.83 bits per heavy atom. The van der Waals surface area contributed by atoms with Gasteiger partial charge in [0.1, 0.15) is 12.0 Å². The van der Waals surface area contributed by atoms with Crippen molar-refractivity contribution in [3.05, 3.63) is 23.7 Å². The second-order valence-corrected chi connectivity index (χ2v) is 4.59. The maximum Gasteiger partial charge on any atom is 0.338 e. The molecule has 98 valence electrons. The number of carbonyl (C=O) groups excluding carboxylic acids is 1. The fourth-order valence-electron chi connectivity index (χ4n) is 2.15. The van der Waals surface area contributed by atoms with E-state index in [1.165, 1.54) is 12.3 Å². The average Bonchev–Trinajstić information content (AvgIpc) is 2.77. The number of carboxylic acids is 1. The Hall–Kier alpha value is -1.78. The molecule has 1 amide bonds. The van der Waals surface area contributed by atoms with Crippen molar-refractivity contribution in [2.45, 2.75) is 38.6 Å². The van der Waals surface area contributed by atoms with Crippen LogP contribution in [0.2, 0.25) is 0 Å². The number of carbonyl (C=O) groups is 2. The predicted molar refractivity (Wildman–Crippen MR) is 64.2 cm³/mol. The summed E-state index contributed by atoms with van der Waals surface area (Å²) in [6.07, 6.45) is 5.98. The smallest absolute Gasteiger partial charge is 0.338 e. The summed E-state index contributed by atoms with van der Waals surface area (Å²) < 4.78 is 5.17. The van der Waals surface area contributed by atoms with Gasteiger partial charge in [-0.25, -0.2) is 4.79 Å². The van der Waals surface area contributed by atoms with E-state index in [2.05, 4.69) is 0 Å². The van der Waals surface area contributed by atoms with Crippen LogP contribution in [-0.4, -0.2) is 28.4 Å². The molecular formula is C13H17NO4. The number of nitrogens with zero attached hydrogens (tertiary/aromatic N) is 1. The molecule has 1 aromatic heterocycles. The lowest BCUT2D eigenvalue weighted by Crippen LogP contribution is -2.32. The number of rotatable bonds is 3. The standard InChI is InChI=1S/C13H17NO4/c15-12-5-3-1-2-4-6-14(12)8-11-7-10(9-18-11)13(16)17/h7,9H,1-6,8H2,(H,16,17). The highest BCUT2D eigenvalue weighted by Gasteiger charge is 2.18. The van der Waals surface area contributed by atoms with Gasteiger partial charge in [-0.2, -0.15) is 0 Å².